The molecule has 0 unspecified atom stereocenters. The summed E-state index contributed by atoms with van der Waals surface area (Å²) in [6.45, 7) is 2.08. The molecule has 0 aromatic heterocycles. The van der Waals surface area contributed by atoms with Gasteiger partial charge in [-0.05, 0) is 13.8 Å². The highest BCUT2D eigenvalue weighted by Crippen LogP contribution is 2.34. The van der Waals surface area contributed by atoms with Crippen LogP contribution in [0.5, 0.6) is 0 Å². The highest BCUT2D eigenvalue weighted by Gasteiger charge is 2.32. The van der Waals surface area contributed by atoms with Crippen molar-refractivity contribution in [2.24, 2.45) is 5.14 Å². The average molecular weight is 356 g/mol. The van der Waals surface area contributed by atoms with E-state index in [0.29, 0.717) is 0 Å². The van der Waals surface area contributed by atoms with Gasteiger partial charge >= 0.3 is 0 Å². The summed E-state index contributed by atoms with van der Waals surface area (Å²) in [7, 11) is -9.06. The maximum Gasteiger partial charge on any atom is 0.244 e. The number of ketones is 1. The molecule has 0 atom stereocenters. The van der Waals surface area contributed by atoms with Crippen molar-refractivity contribution in [3.63, 3.8) is 0 Å². The summed E-state index contributed by atoms with van der Waals surface area (Å²) in [5.74, 6) is -4.55. The zero-order valence-electron chi connectivity index (χ0n) is 11.7. The van der Waals surface area contributed by atoms with Gasteiger partial charge in [-0.15, -0.1) is 0 Å². The summed E-state index contributed by atoms with van der Waals surface area (Å²) >= 11 is 0. The van der Waals surface area contributed by atoms with Gasteiger partial charge in [0.2, 0.25) is 10.0 Å². The van der Waals surface area contributed by atoms with Gasteiger partial charge in [0, 0.05) is 12.0 Å². The molecule has 0 amide bonds. The Morgan fingerprint density at radius 1 is 1.09 bits per heavy atom. The minimum atomic E-state index is -4.78. The monoisotopic (exact) mass is 356 g/mol. The van der Waals surface area contributed by atoms with Crippen LogP contribution in [0.4, 0.5) is 14.5 Å². The molecule has 1 aromatic carbocycles. The highest BCUT2D eigenvalue weighted by atomic mass is 32.2. The first-order chi connectivity index (χ1) is 9.80. The smallest absolute Gasteiger partial charge is 0.244 e. The van der Waals surface area contributed by atoms with Gasteiger partial charge in [0.1, 0.15) is 5.78 Å². The van der Waals surface area contributed by atoms with Gasteiger partial charge in [0.15, 0.2) is 26.4 Å². The number of nitrogens with two attached hydrogens (primary N) is 2. The van der Waals surface area contributed by atoms with Gasteiger partial charge in [-0.3, -0.25) is 4.79 Å². The number of sulfone groups is 1. The lowest BCUT2D eigenvalue weighted by Gasteiger charge is -2.15. The predicted molar refractivity (Wildman–Crippen MR) is 74.2 cm³/mol. The second-order valence-corrected chi connectivity index (χ2v) is 8.19. The number of hydrogen-bond donors (Lipinski definition) is 2. The number of sulfonamides is 1. The van der Waals surface area contributed by atoms with Crippen LogP contribution in [-0.4, -0.2) is 28.4 Å². The van der Waals surface area contributed by atoms with Crippen LogP contribution >= 0.6 is 0 Å². The molecular formula is C11H14F2N2O5S2. The van der Waals surface area contributed by atoms with Crippen molar-refractivity contribution in [1.82, 2.24) is 0 Å². The second kappa shape index (κ2) is 5.89. The number of primary sulfonamides is 1. The molecule has 1 rings (SSSR count). The maximum atomic E-state index is 14.0. The topological polar surface area (TPSA) is 137 Å². The lowest BCUT2D eigenvalue weighted by atomic mass is 10.2. The van der Waals surface area contributed by atoms with E-state index in [0.717, 1.165) is 13.8 Å². The number of anilines is 1. The molecule has 4 N–H and O–H groups in total. The zero-order valence-corrected chi connectivity index (χ0v) is 13.3. The first-order valence-electron chi connectivity index (χ1n) is 5.82. The molecule has 0 aliphatic heterocycles. The van der Waals surface area contributed by atoms with E-state index in [-0.39, 0.29) is 6.42 Å². The van der Waals surface area contributed by atoms with Gasteiger partial charge in [0.05, 0.1) is 16.3 Å². The molecule has 0 saturated heterocycles. The van der Waals surface area contributed by atoms with E-state index < -0.39 is 64.1 Å². The third-order valence-corrected chi connectivity index (χ3v) is 5.69. The van der Waals surface area contributed by atoms with E-state index in [1.54, 1.807) is 0 Å². The van der Waals surface area contributed by atoms with Gasteiger partial charge in [-0.1, -0.05) is 0 Å². The molecule has 0 saturated carbocycles. The number of hydrogen-bond acceptors (Lipinski definition) is 6. The molecule has 7 nitrogen and oxygen atoms in total. The van der Waals surface area contributed by atoms with Crippen LogP contribution in [0.25, 0.3) is 0 Å². The van der Waals surface area contributed by atoms with Crippen LogP contribution in [0.2, 0.25) is 0 Å². The molecule has 124 valence electrons. The van der Waals surface area contributed by atoms with Crippen LogP contribution in [0.3, 0.4) is 0 Å². The van der Waals surface area contributed by atoms with Crippen LogP contribution in [0, 0.1) is 18.6 Å². The van der Waals surface area contributed by atoms with E-state index >= 15 is 0 Å². The minimum absolute atomic E-state index is 0.374. The molecular weight excluding hydrogens is 342 g/mol. The van der Waals surface area contributed by atoms with Gasteiger partial charge < -0.3 is 5.73 Å². The van der Waals surface area contributed by atoms with Crippen molar-refractivity contribution < 1.29 is 30.4 Å². The van der Waals surface area contributed by atoms with Crippen LogP contribution < -0.4 is 10.9 Å². The Kier molecular flexibility index (Phi) is 4.94. The van der Waals surface area contributed by atoms with Crippen LogP contribution in [0.15, 0.2) is 9.79 Å². The lowest BCUT2D eigenvalue weighted by Crippen LogP contribution is -2.21. The van der Waals surface area contributed by atoms with E-state index in [4.69, 9.17) is 10.9 Å². The summed E-state index contributed by atoms with van der Waals surface area (Å²) in [5, 5.41) is 4.70. The average Bonchev–Trinajstić information content (AvgIpc) is 2.32. The zero-order chi connectivity index (χ0) is 17.5. The molecule has 0 bridgehead atoms. The quantitative estimate of drug-likeness (QED) is 0.726. The Morgan fingerprint density at radius 2 is 1.59 bits per heavy atom. The van der Waals surface area contributed by atoms with Gasteiger partial charge in [-0.25, -0.2) is 30.8 Å². The summed E-state index contributed by atoms with van der Waals surface area (Å²) in [4.78, 5) is 8.50. The number of benzene rings is 1. The standard InChI is InChI=1S/C11H14F2N2O5S2/c1-5(16)3-4-21(17,18)10-6(2)7(12)11(22(15,19)20)8(13)9(10)14/h3-4,14H2,1-2H3,(H2,15,19,20). The van der Waals surface area contributed by atoms with E-state index in [1.165, 1.54) is 0 Å². The number of nitrogen functional groups attached to an aromatic ring is 1. The fourth-order valence-electron chi connectivity index (χ4n) is 1.82. The summed E-state index contributed by atoms with van der Waals surface area (Å²) in [5.41, 5.74) is 3.59. The summed E-state index contributed by atoms with van der Waals surface area (Å²) < 4.78 is 74.6. The molecule has 0 radical (unpaired) electrons. The first kappa shape index (κ1) is 18.5. The fourth-order valence-corrected chi connectivity index (χ4v) is 4.32. The van der Waals surface area contributed by atoms with E-state index in [9.17, 15) is 30.4 Å². The second-order valence-electron chi connectivity index (χ2n) is 4.64. The Morgan fingerprint density at radius 3 is 2.00 bits per heavy atom. The number of carbonyl (C=O) groups excluding carboxylic acids is 1. The van der Waals surface area contributed by atoms with Crippen molar-refractivity contribution in [2.45, 2.75) is 30.1 Å². The van der Waals surface area contributed by atoms with E-state index in [2.05, 4.69) is 0 Å². The normalized spacial score (nSPS) is 12.4. The Bertz CT molecular complexity index is 819. The minimum Gasteiger partial charge on any atom is -0.395 e. The Balaban J connectivity index is 3.71. The molecule has 0 fully saturated rings. The fraction of sp³-hybridized carbons (Fsp3) is 0.364. The van der Waals surface area contributed by atoms with Crippen LogP contribution in [-0.2, 0) is 24.7 Å². The molecule has 11 heteroatoms. The molecule has 0 spiro atoms. The largest absolute Gasteiger partial charge is 0.395 e. The lowest BCUT2D eigenvalue weighted by molar-refractivity contribution is -0.116. The molecule has 1 aromatic rings. The summed E-state index contributed by atoms with van der Waals surface area (Å²) in [6, 6.07) is 0. The van der Waals surface area contributed by atoms with Gasteiger partial charge in [-0.2, -0.15) is 0 Å². The highest BCUT2D eigenvalue weighted by molar-refractivity contribution is 7.91. The third-order valence-electron chi connectivity index (χ3n) is 2.87. The number of halogens is 2. The van der Waals surface area contributed by atoms with Crippen LogP contribution in [0.1, 0.15) is 18.9 Å². The van der Waals surface area contributed by atoms with Gasteiger partial charge in [0.25, 0.3) is 0 Å². The van der Waals surface area contributed by atoms with E-state index in [1.807, 2.05) is 0 Å². The number of Topliss-reactive ketones (excluding diaryl/α,β-unsaturated/α-hetero) is 1. The van der Waals surface area contributed by atoms with Crippen molar-refractivity contribution in [3.8, 4) is 0 Å². The first-order valence-corrected chi connectivity index (χ1v) is 9.02. The number of carbonyl (C=O) groups is 1. The summed E-state index contributed by atoms with van der Waals surface area (Å²) in [6.07, 6.45) is -0.374. The predicted octanol–water partition coefficient (Wildman–Crippen LogP) is 0.256. The van der Waals surface area contributed by atoms with Crippen molar-refractivity contribution in [1.29, 1.82) is 0 Å². The number of rotatable bonds is 5. The van der Waals surface area contributed by atoms with Crippen molar-refractivity contribution >= 4 is 31.3 Å². The molecule has 0 heterocycles. The Labute approximate surface area is 126 Å². The third kappa shape index (κ3) is 3.42. The molecule has 0 aliphatic rings. The van der Waals surface area contributed by atoms with Crippen molar-refractivity contribution in [3.05, 3.63) is 17.2 Å². The van der Waals surface area contributed by atoms with Crippen molar-refractivity contribution in [2.75, 3.05) is 11.5 Å². The Hall–Kier alpha value is -1.59. The maximum absolute atomic E-state index is 14.0. The molecule has 0 aliphatic carbocycles. The SMILES string of the molecule is CC(=O)CCS(=O)(=O)c1c(C)c(F)c(S(N)(=O)=O)c(F)c1N. The molecule has 22 heavy (non-hydrogen) atoms.